The van der Waals surface area contributed by atoms with Gasteiger partial charge in [0.25, 0.3) is 0 Å². The third-order valence-electron chi connectivity index (χ3n) is 3.10. The zero-order chi connectivity index (χ0) is 16.9. The van der Waals surface area contributed by atoms with Gasteiger partial charge >= 0.3 is 0 Å². The maximum absolute atomic E-state index is 12.0. The molecular weight excluding hydrogens is 347 g/mol. The molecule has 1 unspecified atom stereocenters. The molecule has 0 saturated carbocycles. The summed E-state index contributed by atoms with van der Waals surface area (Å²) >= 11 is 11.8. The van der Waals surface area contributed by atoms with E-state index in [2.05, 4.69) is 5.32 Å². The summed E-state index contributed by atoms with van der Waals surface area (Å²) in [6.45, 7) is 3.88. The van der Waals surface area contributed by atoms with Crippen LogP contribution in [0.25, 0.3) is 0 Å². The molecule has 1 rings (SSSR count). The first-order valence-corrected chi connectivity index (χ1v) is 9.47. The summed E-state index contributed by atoms with van der Waals surface area (Å²) in [6, 6.07) is 4.57. The van der Waals surface area contributed by atoms with Crippen LogP contribution in [0, 0.1) is 0 Å². The minimum atomic E-state index is -3.55. The van der Waals surface area contributed by atoms with Gasteiger partial charge in [0.1, 0.15) is 0 Å². The van der Waals surface area contributed by atoms with Gasteiger partial charge in [-0.05, 0) is 31.5 Å². The molecule has 1 N–H and O–H groups in total. The molecule has 0 aliphatic rings. The van der Waals surface area contributed by atoms with E-state index in [-0.39, 0.29) is 24.9 Å². The van der Waals surface area contributed by atoms with Gasteiger partial charge in [0.2, 0.25) is 15.9 Å². The Balaban J connectivity index is 2.89. The van der Waals surface area contributed by atoms with Gasteiger partial charge in [-0.1, -0.05) is 30.1 Å². The molecule has 0 aromatic heterocycles. The smallest absolute Gasteiger partial charge is 0.232 e. The lowest BCUT2D eigenvalue weighted by atomic mass is 10.2. The van der Waals surface area contributed by atoms with Crippen LogP contribution in [-0.4, -0.2) is 33.2 Å². The van der Waals surface area contributed by atoms with Crippen LogP contribution in [-0.2, 0) is 14.8 Å². The van der Waals surface area contributed by atoms with Crippen LogP contribution in [0.15, 0.2) is 18.2 Å². The highest BCUT2D eigenvalue weighted by Crippen LogP contribution is 2.27. The van der Waals surface area contributed by atoms with Crippen molar-refractivity contribution in [3.05, 3.63) is 28.2 Å². The second-order valence-corrected chi connectivity index (χ2v) is 7.87. The van der Waals surface area contributed by atoms with Crippen molar-refractivity contribution in [3.8, 4) is 0 Å². The van der Waals surface area contributed by atoms with Crippen LogP contribution < -0.4 is 9.62 Å². The lowest BCUT2D eigenvalue weighted by molar-refractivity contribution is -0.121. The second kappa shape index (κ2) is 8.04. The first kappa shape index (κ1) is 19.1. The van der Waals surface area contributed by atoms with Crippen molar-refractivity contribution in [1.82, 2.24) is 5.32 Å². The minimum absolute atomic E-state index is 0.0256. The summed E-state index contributed by atoms with van der Waals surface area (Å²) in [4.78, 5) is 11.8. The molecule has 0 aliphatic heterocycles. The van der Waals surface area contributed by atoms with Crippen LogP contribution in [0.1, 0.15) is 26.7 Å². The number of amides is 1. The predicted octanol–water partition coefficient (Wildman–Crippen LogP) is 3.06. The highest BCUT2D eigenvalue weighted by atomic mass is 35.5. The molecule has 5 nitrogen and oxygen atoms in total. The Kier molecular flexibility index (Phi) is 6.97. The molecule has 1 aromatic rings. The number of nitrogens with one attached hydrogen (secondary N) is 1. The van der Waals surface area contributed by atoms with Crippen LogP contribution in [0.5, 0.6) is 0 Å². The number of hydrogen-bond acceptors (Lipinski definition) is 3. The molecule has 0 fully saturated rings. The maximum Gasteiger partial charge on any atom is 0.232 e. The molecule has 0 heterocycles. The van der Waals surface area contributed by atoms with Crippen molar-refractivity contribution in [1.29, 1.82) is 0 Å². The number of hydrogen-bond donors (Lipinski definition) is 1. The van der Waals surface area contributed by atoms with Crippen molar-refractivity contribution in [2.45, 2.75) is 32.7 Å². The van der Waals surface area contributed by atoms with E-state index in [0.717, 1.165) is 17.0 Å². The fourth-order valence-corrected chi connectivity index (χ4v) is 3.25. The van der Waals surface area contributed by atoms with Gasteiger partial charge in [-0.15, -0.1) is 0 Å². The number of anilines is 1. The summed E-state index contributed by atoms with van der Waals surface area (Å²) in [5, 5.41) is 3.47. The van der Waals surface area contributed by atoms with Crippen LogP contribution in [0.3, 0.4) is 0 Å². The van der Waals surface area contributed by atoms with Crippen LogP contribution >= 0.6 is 23.2 Å². The van der Waals surface area contributed by atoms with E-state index in [1.807, 2.05) is 13.8 Å². The average Bonchev–Trinajstić information content (AvgIpc) is 2.35. The largest absolute Gasteiger partial charge is 0.354 e. The summed E-state index contributed by atoms with van der Waals surface area (Å²) in [6.07, 6.45) is 1.95. The number of carbonyl (C=O) groups is 1. The third-order valence-corrected chi connectivity index (χ3v) is 4.73. The van der Waals surface area contributed by atoms with Crippen molar-refractivity contribution in [2.24, 2.45) is 0 Å². The summed E-state index contributed by atoms with van der Waals surface area (Å²) in [5.74, 6) is -0.198. The molecule has 0 spiro atoms. The van der Waals surface area contributed by atoms with E-state index >= 15 is 0 Å². The fourth-order valence-electron chi connectivity index (χ4n) is 1.82. The Morgan fingerprint density at radius 1 is 1.27 bits per heavy atom. The summed E-state index contributed by atoms with van der Waals surface area (Å²) in [5.41, 5.74) is 0.344. The maximum atomic E-state index is 12.0. The number of rotatable bonds is 7. The molecule has 22 heavy (non-hydrogen) atoms. The zero-order valence-corrected chi connectivity index (χ0v) is 15.1. The number of benzene rings is 1. The average molecular weight is 367 g/mol. The van der Waals surface area contributed by atoms with E-state index in [1.54, 1.807) is 0 Å². The Labute approximate surface area is 141 Å². The highest BCUT2D eigenvalue weighted by molar-refractivity contribution is 7.92. The standard InChI is InChI=1S/C14H20Cl2N2O3S/c1-4-10(2)17-14(19)5-6-18(22(3,20)21)13-8-11(15)7-12(16)9-13/h7-10H,4-6H2,1-3H3,(H,17,19). The molecule has 1 aromatic carbocycles. The van der Waals surface area contributed by atoms with Gasteiger partial charge in [-0.2, -0.15) is 0 Å². The molecule has 1 atom stereocenters. The quantitative estimate of drug-likeness (QED) is 0.806. The molecule has 8 heteroatoms. The summed E-state index contributed by atoms with van der Waals surface area (Å²) in [7, 11) is -3.55. The van der Waals surface area contributed by atoms with Gasteiger partial charge in [0.05, 0.1) is 11.9 Å². The van der Waals surface area contributed by atoms with E-state index < -0.39 is 10.0 Å². The number of sulfonamides is 1. The minimum Gasteiger partial charge on any atom is -0.354 e. The lowest BCUT2D eigenvalue weighted by Crippen LogP contribution is -2.37. The molecule has 0 radical (unpaired) electrons. The number of carbonyl (C=O) groups excluding carboxylic acids is 1. The molecule has 124 valence electrons. The molecule has 0 aliphatic carbocycles. The van der Waals surface area contributed by atoms with Gasteiger partial charge in [0.15, 0.2) is 0 Å². The Bertz CT molecular complexity index is 615. The van der Waals surface area contributed by atoms with Crippen LogP contribution in [0.2, 0.25) is 10.0 Å². The van der Waals surface area contributed by atoms with Gasteiger partial charge < -0.3 is 5.32 Å². The number of nitrogens with zero attached hydrogens (tertiary/aromatic N) is 1. The molecule has 0 saturated heterocycles. The van der Waals surface area contributed by atoms with Gasteiger partial charge in [-0.25, -0.2) is 8.42 Å². The van der Waals surface area contributed by atoms with Gasteiger partial charge in [0, 0.05) is 29.1 Å². The monoisotopic (exact) mass is 366 g/mol. The van der Waals surface area contributed by atoms with E-state index in [0.29, 0.717) is 15.7 Å². The van der Waals surface area contributed by atoms with E-state index in [1.165, 1.54) is 18.2 Å². The summed E-state index contributed by atoms with van der Waals surface area (Å²) < 4.78 is 25.0. The lowest BCUT2D eigenvalue weighted by Gasteiger charge is -2.23. The Hall–Kier alpha value is -0.980. The van der Waals surface area contributed by atoms with Crippen molar-refractivity contribution >= 4 is 44.8 Å². The zero-order valence-electron chi connectivity index (χ0n) is 12.8. The van der Waals surface area contributed by atoms with Gasteiger partial charge in [-0.3, -0.25) is 9.10 Å². The van der Waals surface area contributed by atoms with Crippen molar-refractivity contribution < 1.29 is 13.2 Å². The van der Waals surface area contributed by atoms with Crippen molar-refractivity contribution in [3.63, 3.8) is 0 Å². The molecular formula is C14H20Cl2N2O3S. The highest BCUT2D eigenvalue weighted by Gasteiger charge is 2.20. The number of halogens is 2. The first-order chi connectivity index (χ1) is 10.1. The van der Waals surface area contributed by atoms with E-state index in [4.69, 9.17) is 23.2 Å². The van der Waals surface area contributed by atoms with Crippen LogP contribution in [0.4, 0.5) is 5.69 Å². The fraction of sp³-hybridized carbons (Fsp3) is 0.500. The Morgan fingerprint density at radius 3 is 2.27 bits per heavy atom. The second-order valence-electron chi connectivity index (χ2n) is 5.09. The van der Waals surface area contributed by atoms with E-state index in [9.17, 15) is 13.2 Å². The van der Waals surface area contributed by atoms with Crippen molar-refractivity contribution in [2.75, 3.05) is 17.1 Å². The third kappa shape index (κ3) is 6.02. The first-order valence-electron chi connectivity index (χ1n) is 6.86. The topological polar surface area (TPSA) is 66.5 Å². The normalized spacial score (nSPS) is 12.8. The predicted molar refractivity (Wildman–Crippen MR) is 91.2 cm³/mol. The molecule has 0 bridgehead atoms. The molecule has 1 amide bonds. The SMILES string of the molecule is CCC(C)NC(=O)CCN(c1cc(Cl)cc(Cl)c1)S(C)(=O)=O. The Morgan fingerprint density at radius 2 is 1.82 bits per heavy atom.